The molecule has 9 heteroatoms. The summed E-state index contributed by atoms with van der Waals surface area (Å²) in [5, 5.41) is 4.49. The van der Waals surface area contributed by atoms with Crippen LogP contribution < -0.4 is 10.7 Å². The number of H-pyrrole nitrogens is 1. The van der Waals surface area contributed by atoms with Gasteiger partial charge >= 0.3 is 0 Å². The van der Waals surface area contributed by atoms with E-state index in [0.29, 0.717) is 6.20 Å². The van der Waals surface area contributed by atoms with Crippen molar-refractivity contribution < 1.29 is 21.6 Å². The summed E-state index contributed by atoms with van der Waals surface area (Å²) in [6.45, 7) is 0. The van der Waals surface area contributed by atoms with Gasteiger partial charge in [-0.05, 0) is 0 Å². The van der Waals surface area contributed by atoms with Crippen molar-refractivity contribution in [1.82, 2.24) is 4.98 Å². The highest BCUT2D eigenvalue weighted by Crippen LogP contribution is 2.22. The van der Waals surface area contributed by atoms with Crippen molar-refractivity contribution in [2.45, 2.75) is 11.3 Å². The van der Waals surface area contributed by atoms with Gasteiger partial charge in [0.15, 0.2) is 10.7 Å². The second-order valence-electron chi connectivity index (χ2n) is 2.56. The third kappa shape index (κ3) is 2.18. The molecule has 0 radical (unpaired) electrons. The Labute approximate surface area is 81.8 Å². The van der Waals surface area contributed by atoms with E-state index >= 15 is 0 Å². The van der Waals surface area contributed by atoms with Crippen LogP contribution in [-0.2, 0) is 10.0 Å². The van der Waals surface area contributed by atoms with Crippen LogP contribution in [-0.4, -0.2) is 13.4 Å². The maximum Gasteiger partial charge on any atom is 0.271 e. The molecule has 0 bridgehead atoms. The van der Waals surface area contributed by atoms with E-state index in [9.17, 15) is 26.4 Å². The Morgan fingerprint density at radius 2 is 1.93 bits per heavy atom. The molecule has 0 amide bonds. The molecule has 0 saturated heterocycles. The Morgan fingerprint density at radius 1 is 1.40 bits per heavy atom. The molecule has 0 atom stereocenters. The quantitative estimate of drug-likeness (QED) is 0.770. The van der Waals surface area contributed by atoms with E-state index in [4.69, 9.17) is 0 Å². The van der Waals surface area contributed by atoms with Gasteiger partial charge in [0.2, 0.25) is 10.0 Å². The molecule has 15 heavy (non-hydrogen) atoms. The lowest BCUT2D eigenvalue weighted by Crippen LogP contribution is -2.26. The lowest BCUT2D eigenvalue weighted by atomic mass is 10.3. The molecule has 84 valence electrons. The summed E-state index contributed by atoms with van der Waals surface area (Å²) in [6, 6.07) is 0. The molecule has 0 aliphatic carbocycles. The molecule has 0 aliphatic heterocycles. The molecule has 0 spiro atoms. The maximum absolute atomic E-state index is 13.1. The minimum absolute atomic E-state index is 0.400. The van der Waals surface area contributed by atoms with Gasteiger partial charge in [0.25, 0.3) is 12.0 Å². The van der Waals surface area contributed by atoms with E-state index in [1.807, 2.05) is 0 Å². The highest BCUT2D eigenvalue weighted by Gasteiger charge is 2.25. The van der Waals surface area contributed by atoms with Gasteiger partial charge in [0.05, 0.1) is 5.56 Å². The van der Waals surface area contributed by atoms with Crippen molar-refractivity contribution >= 4 is 10.0 Å². The lowest BCUT2D eigenvalue weighted by molar-refractivity contribution is 0.145. The standard InChI is InChI=1S/C6H5F3N2O3S/c7-3-2(5(8)9)1-11-6(12)4(3)15(10,13)14/h1,5H,(H,11,12)(H2,10,13,14). The molecule has 3 N–H and O–H groups in total. The van der Waals surface area contributed by atoms with Crippen LogP contribution in [0.3, 0.4) is 0 Å². The Bertz CT molecular complexity index is 537. The molecule has 5 nitrogen and oxygen atoms in total. The van der Waals surface area contributed by atoms with Gasteiger partial charge in [-0.1, -0.05) is 0 Å². The molecule has 0 aliphatic rings. The fourth-order valence-corrected chi connectivity index (χ4v) is 1.60. The number of pyridine rings is 1. The largest absolute Gasteiger partial charge is 0.327 e. The van der Waals surface area contributed by atoms with Crippen LogP contribution in [0.4, 0.5) is 13.2 Å². The van der Waals surface area contributed by atoms with Crippen molar-refractivity contribution in [3.63, 3.8) is 0 Å². The number of hydrogen-bond donors (Lipinski definition) is 2. The fraction of sp³-hybridized carbons (Fsp3) is 0.167. The third-order valence-corrected chi connectivity index (χ3v) is 2.47. The average molecular weight is 242 g/mol. The van der Waals surface area contributed by atoms with Crippen molar-refractivity contribution in [2.75, 3.05) is 0 Å². The highest BCUT2D eigenvalue weighted by atomic mass is 32.2. The summed E-state index contributed by atoms with van der Waals surface area (Å²) in [5.74, 6) is -1.82. The van der Waals surface area contributed by atoms with Crippen molar-refractivity contribution in [3.8, 4) is 0 Å². The van der Waals surface area contributed by atoms with Crippen LogP contribution in [0.25, 0.3) is 0 Å². The van der Waals surface area contributed by atoms with Gasteiger partial charge in [0, 0.05) is 6.20 Å². The molecule has 1 aromatic rings. The van der Waals surface area contributed by atoms with E-state index in [0.717, 1.165) is 0 Å². The molecule has 0 aromatic carbocycles. The molecular weight excluding hydrogens is 237 g/mol. The zero-order valence-corrected chi connectivity index (χ0v) is 7.82. The Hall–Kier alpha value is -1.35. The van der Waals surface area contributed by atoms with Crippen LogP contribution in [0, 0.1) is 5.82 Å². The zero-order valence-electron chi connectivity index (χ0n) is 7.00. The Balaban J connectivity index is 3.66. The molecular formula is C6H5F3N2O3S. The number of rotatable bonds is 2. The van der Waals surface area contributed by atoms with Gasteiger partial charge in [-0.15, -0.1) is 0 Å². The number of nitrogens with one attached hydrogen (secondary N) is 1. The average Bonchev–Trinajstić information content (AvgIpc) is 2.00. The van der Waals surface area contributed by atoms with Crippen LogP contribution in [0.5, 0.6) is 0 Å². The third-order valence-electron chi connectivity index (χ3n) is 1.54. The first-order chi connectivity index (χ1) is 6.75. The van der Waals surface area contributed by atoms with Crippen LogP contribution in [0.2, 0.25) is 0 Å². The van der Waals surface area contributed by atoms with Gasteiger partial charge < -0.3 is 4.98 Å². The number of hydrogen-bond acceptors (Lipinski definition) is 3. The first-order valence-electron chi connectivity index (χ1n) is 3.47. The number of alkyl halides is 2. The monoisotopic (exact) mass is 242 g/mol. The number of halogens is 3. The molecule has 0 saturated carbocycles. The van der Waals surface area contributed by atoms with E-state index in [-0.39, 0.29) is 0 Å². The summed E-state index contributed by atoms with van der Waals surface area (Å²) in [5.41, 5.74) is -2.60. The summed E-state index contributed by atoms with van der Waals surface area (Å²) < 4.78 is 58.8. The predicted octanol–water partition coefficient (Wildman–Crippen LogP) is 0.0990. The second-order valence-corrected chi connectivity index (χ2v) is 4.06. The first kappa shape index (κ1) is 11.7. The van der Waals surface area contributed by atoms with Crippen LogP contribution in [0.1, 0.15) is 12.0 Å². The molecule has 0 unspecified atom stereocenters. The number of aromatic nitrogens is 1. The summed E-state index contributed by atoms with van der Waals surface area (Å²) in [4.78, 5) is 11.0. The minimum atomic E-state index is -4.67. The van der Waals surface area contributed by atoms with Crippen molar-refractivity contribution in [2.24, 2.45) is 5.14 Å². The van der Waals surface area contributed by atoms with Gasteiger partial charge in [0.1, 0.15) is 0 Å². The molecule has 1 heterocycles. The SMILES string of the molecule is NS(=O)(=O)c1c(F)c(C(F)F)c[nH]c1=O. The van der Waals surface area contributed by atoms with E-state index in [2.05, 4.69) is 5.14 Å². The van der Waals surface area contributed by atoms with Crippen LogP contribution in [0.15, 0.2) is 15.9 Å². The van der Waals surface area contributed by atoms with Gasteiger partial charge in [-0.3, -0.25) is 4.79 Å². The smallest absolute Gasteiger partial charge is 0.271 e. The summed E-state index contributed by atoms with van der Waals surface area (Å²) >= 11 is 0. The highest BCUT2D eigenvalue weighted by molar-refractivity contribution is 7.89. The topological polar surface area (TPSA) is 93.0 Å². The van der Waals surface area contributed by atoms with Gasteiger partial charge in [-0.25, -0.2) is 26.7 Å². The fourth-order valence-electron chi connectivity index (χ4n) is 0.916. The second kappa shape index (κ2) is 3.66. The zero-order chi connectivity index (χ0) is 11.8. The maximum atomic E-state index is 13.1. The van der Waals surface area contributed by atoms with Crippen molar-refractivity contribution in [3.05, 3.63) is 27.9 Å². The number of nitrogens with two attached hydrogens (primary N) is 1. The summed E-state index contributed by atoms with van der Waals surface area (Å²) in [6.07, 6.45) is -2.85. The number of aromatic amines is 1. The normalized spacial score (nSPS) is 12.1. The van der Waals surface area contributed by atoms with E-state index in [1.165, 1.54) is 0 Å². The molecule has 1 aromatic heterocycles. The molecule has 0 fully saturated rings. The Morgan fingerprint density at radius 3 is 2.33 bits per heavy atom. The number of primary sulfonamides is 1. The Kier molecular flexibility index (Phi) is 2.86. The first-order valence-corrected chi connectivity index (χ1v) is 5.02. The minimum Gasteiger partial charge on any atom is -0.327 e. The van der Waals surface area contributed by atoms with E-state index in [1.54, 1.807) is 4.98 Å². The van der Waals surface area contributed by atoms with E-state index < -0.39 is 38.3 Å². The van der Waals surface area contributed by atoms with Gasteiger partial charge in [-0.2, -0.15) is 0 Å². The van der Waals surface area contributed by atoms with Crippen LogP contribution >= 0.6 is 0 Å². The predicted molar refractivity (Wildman–Crippen MR) is 43.4 cm³/mol. The molecule has 1 rings (SSSR count). The number of sulfonamides is 1. The lowest BCUT2D eigenvalue weighted by Gasteiger charge is -2.04. The van der Waals surface area contributed by atoms with Crippen molar-refractivity contribution in [1.29, 1.82) is 0 Å². The summed E-state index contributed by atoms with van der Waals surface area (Å²) in [7, 11) is -4.67.